The topological polar surface area (TPSA) is 55.0 Å². The Labute approximate surface area is 178 Å². The van der Waals surface area contributed by atoms with Crippen LogP contribution in [0.3, 0.4) is 0 Å². The van der Waals surface area contributed by atoms with Crippen LogP contribution in [-0.2, 0) is 25.2 Å². The Bertz CT molecular complexity index is 970. The summed E-state index contributed by atoms with van der Waals surface area (Å²) in [7, 11) is 0. The minimum atomic E-state index is -0.284. The molecule has 0 bridgehead atoms. The summed E-state index contributed by atoms with van der Waals surface area (Å²) >= 11 is 6.12. The van der Waals surface area contributed by atoms with Crippen molar-refractivity contribution in [2.45, 2.75) is 52.9 Å². The second kappa shape index (κ2) is 9.04. The molecule has 0 fully saturated rings. The first-order chi connectivity index (χ1) is 13.8. The lowest BCUT2D eigenvalue weighted by Crippen LogP contribution is -2.41. The van der Waals surface area contributed by atoms with E-state index in [1.165, 1.54) is 11.1 Å². The summed E-state index contributed by atoms with van der Waals surface area (Å²) in [6.45, 7) is 10.7. The van der Waals surface area contributed by atoms with Gasteiger partial charge in [0.1, 0.15) is 0 Å². The molecule has 1 aromatic carbocycles. The molecule has 4 nitrogen and oxygen atoms in total. The van der Waals surface area contributed by atoms with Gasteiger partial charge in [-0.3, -0.25) is 14.9 Å². The highest BCUT2D eigenvalue weighted by atomic mass is 35.5. The Kier molecular flexibility index (Phi) is 6.68. The van der Waals surface area contributed by atoms with E-state index in [4.69, 9.17) is 17.3 Å². The van der Waals surface area contributed by atoms with Crippen molar-refractivity contribution in [2.24, 2.45) is 5.73 Å². The van der Waals surface area contributed by atoms with Gasteiger partial charge in [0.2, 0.25) is 0 Å². The van der Waals surface area contributed by atoms with Crippen LogP contribution in [0.5, 0.6) is 0 Å². The largest absolute Gasteiger partial charge is 0.326 e. The molecule has 0 radical (unpaired) electrons. The standard InChI is InChI=1S/C24H29ClN4/c1-17-11-19(13-26)8-9-20(17)15-29(16-22-18(2)12-21(25)14-28-22)24(3,4)23-7-5-6-10-27-23/h5-12,14H,13,15-16,26H2,1-4H3. The van der Waals surface area contributed by atoms with E-state index in [0.717, 1.165) is 29.1 Å². The van der Waals surface area contributed by atoms with Gasteiger partial charge in [-0.2, -0.15) is 0 Å². The Morgan fingerprint density at radius 3 is 2.41 bits per heavy atom. The van der Waals surface area contributed by atoms with E-state index in [2.05, 4.69) is 66.8 Å². The van der Waals surface area contributed by atoms with Crippen molar-refractivity contribution < 1.29 is 0 Å². The highest BCUT2D eigenvalue weighted by molar-refractivity contribution is 6.30. The third-order valence-corrected chi connectivity index (χ3v) is 5.79. The third-order valence-electron chi connectivity index (χ3n) is 5.58. The highest BCUT2D eigenvalue weighted by Gasteiger charge is 2.31. The van der Waals surface area contributed by atoms with Crippen LogP contribution in [0.2, 0.25) is 5.02 Å². The maximum absolute atomic E-state index is 6.12. The van der Waals surface area contributed by atoms with Crippen LogP contribution in [0.15, 0.2) is 54.9 Å². The van der Waals surface area contributed by atoms with E-state index in [-0.39, 0.29) is 5.54 Å². The fraction of sp³-hybridized carbons (Fsp3) is 0.333. The summed E-state index contributed by atoms with van der Waals surface area (Å²) in [4.78, 5) is 11.7. The summed E-state index contributed by atoms with van der Waals surface area (Å²) < 4.78 is 0. The lowest BCUT2D eigenvalue weighted by molar-refractivity contribution is 0.0946. The minimum absolute atomic E-state index is 0.284. The lowest BCUT2D eigenvalue weighted by atomic mass is 9.94. The molecule has 0 spiro atoms. The molecule has 3 rings (SSSR count). The summed E-state index contributed by atoms with van der Waals surface area (Å²) in [6.07, 6.45) is 3.57. The predicted octanol–water partition coefficient (Wildman–Crippen LogP) is 5.14. The molecule has 0 unspecified atom stereocenters. The Hall–Kier alpha value is -2.27. The molecule has 2 aromatic heterocycles. The SMILES string of the molecule is Cc1cc(CN)ccc1CN(Cc1ncc(Cl)cc1C)C(C)(C)c1ccccn1. The van der Waals surface area contributed by atoms with Gasteiger partial charge in [0.05, 0.1) is 21.9 Å². The number of aryl methyl sites for hydroxylation is 2. The van der Waals surface area contributed by atoms with Gasteiger partial charge in [-0.15, -0.1) is 0 Å². The molecular weight excluding hydrogens is 380 g/mol. The van der Waals surface area contributed by atoms with Crippen molar-refractivity contribution in [3.8, 4) is 0 Å². The third kappa shape index (κ3) is 5.02. The van der Waals surface area contributed by atoms with Crippen molar-refractivity contribution in [2.75, 3.05) is 0 Å². The number of aromatic nitrogens is 2. The van der Waals surface area contributed by atoms with Crippen LogP contribution in [0, 0.1) is 13.8 Å². The predicted molar refractivity (Wildman–Crippen MR) is 120 cm³/mol. The van der Waals surface area contributed by atoms with Gasteiger partial charge < -0.3 is 5.73 Å². The van der Waals surface area contributed by atoms with Crippen LogP contribution >= 0.6 is 11.6 Å². The fourth-order valence-electron chi connectivity index (χ4n) is 3.52. The van der Waals surface area contributed by atoms with E-state index < -0.39 is 0 Å². The van der Waals surface area contributed by atoms with Crippen LogP contribution in [0.4, 0.5) is 0 Å². The van der Waals surface area contributed by atoms with Crippen LogP contribution in [0.1, 0.15) is 47.5 Å². The lowest BCUT2D eigenvalue weighted by Gasteiger charge is -2.38. The molecule has 2 heterocycles. The first-order valence-corrected chi connectivity index (χ1v) is 10.2. The number of nitrogens with zero attached hydrogens (tertiary/aromatic N) is 3. The average Bonchev–Trinajstić information content (AvgIpc) is 2.71. The number of rotatable bonds is 7. The van der Waals surface area contributed by atoms with Crippen LogP contribution in [0.25, 0.3) is 0 Å². The van der Waals surface area contributed by atoms with Crippen molar-refractivity contribution in [3.63, 3.8) is 0 Å². The van der Waals surface area contributed by atoms with E-state index >= 15 is 0 Å². The highest BCUT2D eigenvalue weighted by Crippen LogP contribution is 2.31. The first kappa shape index (κ1) is 21.4. The van der Waals surface area contributed by atoms with Gasteiger partial charge in [-0.05, 0) is 68.1 Å². The summed E-state index contributed by atoms with van der Waals surface area (Å²) in [5.41, 5.74) is 12.3. The fourth-order valence-corrected chi connectivity index (χ4v) is 3.73. The van der Waals surface area contributed by atoms with Crippen LogP contribution in [-0.4, -0.2) is 14.9 Å². The Balaban J connectivity index is 1.99. The maximum Gasteiger partial charge on any atom is 0.0601 e. The minimum Gasteiger partial charge on any atom is -0.326 e. The van der Waals surface area contributed by atoms with E-state index in [0.29, 0.717) is 18.1 Å². The van der Waals surface area contributed by atoms with Crippen molar-refractivity contribution in [1.82, 2.24) is 14.9 Å². The summed E-state index contributed by atoms with van der Waals surface area (Å²) in [5, 5.41) is 0.662. The van der Waals surface area contributed by atoms with Gasteiger partial charge in [0.25, 0.3) is 0 Å². The molecule has 3 aromatic rings. The van der Waals surface area contributed by atoms with Gasteiger partial charge in [0.15, 0.2) is 0 Å². The zero-order chi connectivity index (χ0) is 21.0. The molecule has 29 heavy (non-hydrogen) atoms. The number of hydrogen-bond acceptors (Lipinski definition) is 4. The zero-order valence-corrected chi connectivity index (χ0v) is 18.4. The molecule has 5 heteroatoms. The number of halogens is 1. The quantitative estimate of drug-likeness (QED) is 0.587. The van der Waals surface area contributed by atoms with Crippen molar-refractivity contribution in [3.05, 3.63) is 93.5 Å². The second-order valence-corrected chi connectivity index (χ2v) is 8.45. The maximum atomic E-state index is 6.12. The summed E-state index contributed by atoms with van der Waals surface area (Å²) in [5.74, 6) is 0. The Morgan fingerprint density at radius 2 is 1.79 bits per heavy atom. The van der Waals surface area contributed by atoms with Crippen molar-refractivity contribution >= 4 is 11.6 Å². The monoisotopic (exact) mass is 408 g/mol. The molecule has 0 saturated heterocycles. The van der Waals surface area contributed by atoms with E-state index in [1.807, 2.05) is 24.4 Å². The van der Waals surface area contributed by atoms with E-state index in [1.54, 1.807) is 6.20 Å². The van der Waals surface area contributed by atoms with Gasteiger partial charge >= 0.3 is 0 Å². The Morgan fingerprint density at radius 1 is 1.00 bits per heavy atom. The molecule has 0 saturated carbocycles. The van der Waals surface area contributed by atoms with Gasteiger partial charge in [0, 0.05) is 32.0 Å². The number of hydrogen-bond donors (Lipinski definition) is 1. The van der Waals surface area contributed by atoms with Gasteiger partial charge in [-0.25, -0.2) is 0 Å². The van der Waals surface area contributed by atoms with Gasteiger partial charge in [-0.1, -0.05) is 35.9 Å². The molecule has 0 aliphatic heterocycles. The molecular formula is C24H29ClN4. The molecule has 2 N–H and O–H groups in total. The second-order valence-electron chi connectivity index (χ2n) is 8.01. The number of pyridine rings is 2. The molecule has 0 amide bonds. The first-order valence-electron chi connectivity index (χ1n) is 9.87. The molecule has 0 aliphatic rings. The normalized spacial score (nSPS) is 11.8. The number of benzene rings is 1. The molecule has 0 aliphatic carbocycles. The van der Waals surface area contributed by atoms with Crippen molar-refractivity contribution in [1.29, 1.82) is 0 Å². The smallest absolute Gasteiger partial charge is 0.0601 e. The molecule has 152 valence electrons. The number of nitrogens with two attached hydrogens (primary N) is 1. The van der Waals surface area contributed by atoms with Crippen LogP contribution < -0.4 is 5.73 Å². The zero-order valence-electron chi connectivity index (χ0n) is 17.6. The van der Waals surface area contributed by atoms with E-state index in [9.17, 15) is 0 Å². The molecule has 0 atom stereocenters. The summed E-state index contributed by atoms with van der Waals surface area (Å²) in [6, 6.07) is 14.5. The average molecular weight is 409 g/mol.